The monoisotopic (exact) mass is 384 g/mol. The number of furan rings is 2. The van der Waals surface area contributed by atoms with Crippen LogP contribution in [0.5, 0.6) is 0 Å². The molecule has 2 heteroatoms. The van der Waals surface area contributed by atoms with Gasteiger partial charge in [0.1, 0.15) is 11.2 Å². The second-order valence-corrected chi connectivity index (χ2v) is 7.30. The van der Waals surface area contributed by atoms with Crippen molar-refractivity contribution in [1.82, 2.24) is 0 Å². The highest BCUT2D eigenvalue weighted by molar-refractivity contribution is 6.29. The molecule has 0 fully saturated rings. The molecule has 6 aromatic rings. The molecule has 2 aromatic heterocycles. The molecular weight excluding hydrogens is 368 g/mol. The zero-order valence-corrected chi connectivity index (χ0v) is 16.6. The number of para-hydroxylation sites is 2. The van der Waals surface area contributed by atoms with Gasteiger partial charge in [0.2, 0.25) is 0 Å². The van der Waals surface area contributed by atoms with Crippen LogP contribution in [0.15, 0.2) is 69.5 Å². The van der Waals surface area contributed by atoms with Gasteiger partial charge >= 0.3 is 0 Å². The van der Waals surface area contributed by atoms with Gasteiger partial charge in [-0.1, -0.05) is 48.2 Å². The van der Waals surface area contributed by atoms with Gasteiger partial charge in [-0.05, 0) is 48.9 Å². The Balaban J connectivity index is 1.99. The Kier molecular flexibility index (Phi) is 3.46. The average molecular weight is 384 g/mol. The van der Waals surface area contributed by atoms with Crippen LogP contribution in [0, 0.1) is 23.7 Å². The van der Waals surface area contributed by atoms with Gasteiger partial charge in [-0.3, -0.25) is 0 Å². The average Bonchev–Trinajstić information content (AvgIpc) is 3.34. The lowest BCUT2D eigenvalue weighted by Crippen LogP contribution is -1.85. The number of hydrogen-bond acceptors (Lipinski definition) is 2. The normalized spacial score (nSPS) is 11.1. The summed E-state index contributed by atoms with van der Waals surface area (Å²) in [6, 6.07) is 20.5. The minimum absolute atomic E-state index is 0.820. The molecule has 0 unspecified atom stereocenters. The Morgan fingerprint density at radius 3 is 1.43 bits per heavy atom. The summed E-state index contributed by atoms with van der Waals surface area (Å²) in [4.78, 5) is 0. The summed E-state index contributed by atoms with van der Waals surface area (Å²) >= 11 is 0. The van der Waals surface area contributed by atoms with E-state index >= 15 is 0 Å². The summed E-state index contributed by atoms with van der Waals surface area (Å²) in [5, 5.41) is 6.53. The molecule has 0 aliphatic carbocycles. The van der Waals surface area contributed by atoms with Crippen LogP contribution >= 0.6 is 0 Å². The Morgan fingerprint density at radius 1 is 0.567 bits per heavy atom. The van der Waals surface area contributed by atoms with Crippen molar-refractivity contribution in [3.05, 3.63) is 71.8 Å². The van der Waals surface area contributed by atoms with E-state index in [0.29, 0.717) is 0 Å². The summed E-state index contributed by atoms with van der Waals surface area (Å²) in [6.45, 7) is 3.70. The van der Waals surface area contributed by atoms with Gasteiger partial charge in [0, 0.05) is 21.5 Å². The lowest BCUT2D eigenvalue weighted by Gasteiger charge is -2.06. The van der Waals surface area contributed by atoms with E-state index in [9.17, 15) is 0 Å². The van der Waals surface area contributed by atoms with Crippen LogP contribution in [0.1, 0.15) is 25.0 Å². The topological polar surface area (TPSA) is 26.3 Å². The van der Waals surface area contributed by atoms with E-state index in [1.807, 2.05) is 50.2 Å². The lowest BCUT2D eigenvalue weighted by molar-refractivity contribution is 0.667. The van der Waals surface area contributed by atoms with Crippen LogP contribution in [-0.4, -0.2) is 0 Å². The fraction of sp³-hybridized carbons (Fsp3) is 0.0714. The zero-order chi connectivity index (χ0) is 20.2. The van der Waals surface area contributed by atoms with Crippen LogP contribution in [0.3, 0.4) is 0 Å². The number of fused-ring (bicyclic) bond motifs is 9. The third-order valence-corrected chi connectivity index (χ3v) is 5.61. The SMILES string of the molecule is CC#Cc1cc2c(cc(C#CC)c3oc4ccccc4c32)c2c1oc1ccccc12. The van der Waals surface area contributed by atoms with Crippen molar-refractivity contribution < 1.29 is 8.83 Å². The van der Waals surface area contributed by atoms with Crippen LogP contribution in [0.4, 0.5) is 0 Å². The van der Waals surface area contributed by atoms with Crippen LogP contribution in [0.25, 0.3) is 54.6 Å². The molecule has 140 valence electrons. The second-order valence-electron chi connectivity index (χ2n) is 7.30. The van der Waals surface area contributed by atoms with Gasteiger partial charge in [0.15, 0.2) is 11.2 Å². The van der Waals surface area contributed by atoms with Gasteiger partial charge in [0.05, 0.1) is 11.1 Å². The number of benzene rings is 4. The Bertz CT molecular complexity index is 1640. The standard InChI is InChI=1S/C28H16O2/c1-3-9-17-15-21-22(25-19-11-5-7-13-23(19)29-27(17)25)16-18(10-4-2)28-26(21)20-12-6-8-14-24(20)30-28/h5-8,11-16H,1-2H3. The van der Waals surface area contributed by atoms with E-state index < -0.39 is 0 Å². The van der Waals surface area contributed by atoms with Crippen LogP contribution in [-0.2, 0) is 0 Å². The third-order valence-electron chi connectivity index (χ3n) is 5.61. The van der Waals surface area contributed by atoms with Gasteiger partial charge in [-0.25, -0.2) is 0 Å². The van der Waals surface area contributed by atoms with Crippen LogP contribution in [0.2, 0.25) is 0 Å². The Labute approximate surface area is 173 Å². The molecule has 6 rings (SSSR count). The number of rotatable bonds is 0. The molecule has 2 heterocycles. The van der Waals surface area contributed by atoms with Crippen molar-refractivity contribution in [2.45, 2.75) is 13.8 Å². The van der Waals surface area contributed by atoms with Gasteiger partial charge in [0.25, 0.3) is 0 Å². The van der Waals surface area contributed by atoms with Gasteiger partial charge in [-0.2, -0.15) is 0 Å². The molecule has 0 saturated carbocycles. The van der Waals surface area contributed by atoms with Crippen molar-refractivity contribution in [1.29, 1.82) is 0 Å². The highest BCUT2D eigenvalue weighted by Crippen LogP contribution is 2.43. The number of hydrogen-bond donors (Lipinski definition) is 0. The molecule has 0 aliphatic rings. The van der Waals surface area contributed by atoms with E-state index in [2.05, 4.69) is 47.9 Å². The minimum atomic E-state index is 0.820. The molecule has 0 aliphatic heterocycles. The predicted octanol–water partition coefficient (Wildman–Crippen LogP) is 7.38. The largest absolute Gasteiger partial charge is 0.455 e. The summed E-state index contributed by atoms with van der Waals surface area (Å²) in [5.41, 5.74) is 5.13. The second kappa shape index (κ2) is 6.18. The van der Waals surface area contributed by atoms with E-state index in [1.165, 1.54) is 0 Å². The Hall–Kier alpha value is -4.14. The molecule has 0 amide bonds. The van der Waals surface area contributed by atoms with Crippen molar-refractivity contribution in [2.75, 3.05) is 0 Å². The van der Waals surface area contributed by atoms with E-state index in [1.54, 1.807) is 0 Å². The molecule has 2 nitrogen and oxygen atoms in total. The fourth-order valence-corrected chi connectivity index (χ4v) is 4.45. The highest BCUT2D eigenvalue weighted by atomic mass is 16.3. The molecule has 0 atom stereocenters. The molecule has 0 radical (unpaired) electrons. The minimum Gasteiger partial charge on any atom is -0.455 e. The van der Waals surface area contributed by atoms with Crippen molar-refractivity contribution >= 4 is 54.6 Å². The maximum atomic E-state index is 6.26. The zero-order valence-electron chi connectivity index (χ0n) is 16.6. The van der Waals surface area contributed by atoms with Crippen molar-refractivity contribution in [3.8, 4) is 23.7 Å². The first-order chi connectivity index (χ1) is 14.8. The molecular formula is C28H16O2. The highest BCUT2D eigenvalue weighted by Gasteiger charge is 2.20. The van der Waals surface area contributed by atoms with E-state index in [-0.39, 0.29) is 0 Å². The maximum Gasteiger partial charge on any atom is 0.151 e. The summed E-state index contributed by atoms with van der Waals surface area (Å²) in [6.07, 6.45) is 0. The fourth-order valence-electron chi connectivity index (χ4n) is 4.45. The van der Waals surface area contributed by atoms with Crippen molar-refractivity contribution in [3.63, 3.8) is 0 Å². The molecule has 0 spiro atoms. The van der Waals surface area contributed by atoms with E-state index in [0.717, 1.165) is 65.8 Å². The van der Waals surface area contributed by atoms with Gasteiger partial charge < -0.3 is 8.83 Å². The molecule has 0 bridgehead atoms. The molecule has 30 heavy (non-hydrogen) atoms. The molecule has 0 N–H and O–H groups in total. The first-order valence-corrected chi connectivity index (χ1v) is 9.88. The molecule has 0 saturated heterocycles. The predicted molar refractivity (Wildman–Crippen MR) is 124 cm³/mol. The van der Waals surface area contributed by atoms with Crippen LogP contribution < -0.4 is 0 Å². The maximum absolute atomic E-state index is 6.26. The smallest absolute Gasteiger partial charge is 0.151 e. The van der Waals surface area contributed by atoms with Gasteiger partial charge in [-0.15, -0.1) is 11.8 Å². The quantitative estimate of drug-likeness (QED) is 0.255. The molecule has 4 aromatic carbocycles. The lowest BCUT2D eigenvalue weighted by atomic mass is 9.94. The summed E-state index contributed by atoms with van der Waals surface area (Å²) in [7, 11) is 0. The first kappa shape index (κ1) is 16.8. The first-order valence-electron chi connectivity index (χ1n) is 9.88. The Morgan fingerprint density at radius 2 is 1.00 bits per heavy atom. The summed E-state index contributed by atoms with van der Waals surface area (Å²) < 4.78 is 12.5. The third kappa shape index (κ3) is 2.17. The van der Waals surface area contributed by atoms with Crippen molar-refractivity contribution in [2.24, 2.45) is 0 Å². The van der Waals surface area contributed by atoms with E-state index in [4.69, 9.17) is 8.83 Å². The summed E-state index contributed by atoms with van der Waals surface area (Å²) in [5.74, 6) is 12.6.